The van der Waals surface area contributed by atoms with Crippen LogP contribution < -0.4 is 0 Å². The van der Waals surface area contributed by atoms with Gasteiger partial charge < -0.3 is 4.42 Å². The van der Waals surface area contributed by atoms with Gasteiger partial charge in [0.25, 0.3) is 0 Å². The summed E-state index contributed by atoms with van der Waals surface area (Å²) in [6.45, 7) is 0. The highest BCUT2D eigenvalue weighted by molar-refractivity contribution is 7.26. The van der Waals surface area contributed by atoms with Crippen LogP contribution in [0, 0.1) is 0 Å². The molecule has 0 aliphatic heterocycles. The van der Waals surface area contributed by atoms with Gasteiger partial charge in [0.1, 0.15) is 11.2 Å². The maximum absolute atomic E-state index is 6.19. The van der Waals surface area contributed by atoms with Crippen LogP contribution in [0.2, 0.25) is 0 Å². The Kier molecular flexibility index (Phi) is 6.14. The Morgan fingerprint density at radius 3 is 2.10 bits per heavy atom. The Morgan fingerprint density at radius 1 is 0.500 bits per heavy atom. The number of hydrogen-bond donors (Lipinski definition) is 0. The van der Waals surface area contributed by atoms with Gasteiger partial charge in [-0.05, 0) is 70.7 Å². The van der Waals surface area contributed by atoms with Crippen LogP contribution in [0.25, 0.3) is 86.8 Å². The Hall–Kier alpha value is -5.91. The van der Waals surface area contributed by atoms with Crippen LogP contribution >= 0.6 is 11.3 Å². The fourth-order valence-electron chi connectivity index (χ4n) is 7.11. The minimum Gasteiger partial charge on any atom is -0.456 e. The molecule has 226 valence electrons. The first kappa shape index (κ1) is 27.2. The Bertz CT molecular complexity index is 2800. The summed E-state index contributed by atoms with van der Waals surface area (Å²) in [5.41, 5.74) is 7.46. The first-order valence-corrected chi connectivity index (χ1v) is 17.1. The summed E-state index contributed by atoms with van der Waals surface area (Å²) < 4.78 is 8.65. The molecule has 0 fully saturated rings. The number of furan rings is 1. The SMILES string of the molecule is C1=C(c2nc(-c3ccc4ccccc4c3)nc(-c3cccc4c3sc3ccccc34)n2)CCC(c2cccc3oc4ccccc4c23)=C1. The van der Waals surface area contributed by atoms with E-state index in [9.17, 15) is 0 Å². The molecule has 0 bridgehead atoms. The molecule has 4 nitrogen and oxygen atoms in total. The second kappa shape index (κ2) is 10.8. The molecule has 3 aromatic heterocycles. The Balaban J connectivity index is 1.14. The van der Waals surface area contributed by atoms with Crippen molar-refractivity contribution in [1.82, 2.24) is 15.0 Å². The van der Waals surface area contributed by atoms with Crippen molar-refractivity contribution in [1.29, 1.82) is 0 Å². The fraction of sp³-hybridized carbons (Fsp3) is 0.0465. The first-order chi connectivity index (χ1) is 23.8. The maximum Gasteiger partial charge on any atom is 0.165 e. The van der Waals surface area contributed by atoms with E-state index in [1.54, 1.807) is 11.3 Å². The smallest absolute Gasteiger partial charge is 0.165 e. The van der Waals surface area contributed by atoms with Crippen molar-refractivity contribution >= 4 is 75.4 Å². The molecule has 0 N–H and O–H groups in total. The van der Waals surface area contributed by atoms with Gasteiger partial charge in [0.2, 0.25) is 0 Å². The topological polar surface area (TPSA) is 51.8 Å². The molecule has 1 aliphatic carbocycles. The summed E-state index contributed by atoms with van der Waals surface area (Å²) in [4.78, 5) is 15.5. The molecule has 10 rings (SSSR count). The van der Waals surface area contributed by atoms with Gasteiger partial charge in [0, 0.05) is 42.1 Å². The fourth-order valence-corrected chi connectivity index (χ4v) is 8.32. The van der Waals surface area contributed by atoms with Crippen molar-refractivity contribution < 1.29 is 4.42 Å². The maximum atomic E-state index is 6.19. The number of hydrogen-bond acceptors (Lipinski definition) is 5. The van der Waals surface area contributed by atoms with Crippen molar-refractivity contribution in [2.24, 2.45) is 0 Å². The van der Waals surface area contributed by atoms with Gasteiger partial charge in [0.15, 0.2) is 17.5 Å². The molecule has 0 spiro atoms. The van der Waals surface area contributed by atoms with Crippen molar-refractivity contribution in [3.63, 3.8) is 0 Å². The summed E-state index contributed by atoms with van der Waals surface area (Å²) in [7, 11) is 0. The molecule has 0 unspecified atom stereocenters. The van der Waals surface area contributed by atoms with Gasteiger partial charge in [-0.2, -0.15) is 0 Å². The average molecular weight is 634 g/mol. The molecule has 5 heteroatoms. The molecule has 9 aromatic rings. The summed E-state index contributed by atoms with van der Waals surface area (Å²) in [5, 5.41) is 7.17. The predicted octanol–water partition coefficient (Wildman–Crippen LogP) is 11.9. The van der Waals surface area contributed by atoms with Gasteiger partial charge in [-0.25, -0.2) is 15.0 Å². The zero-order valence-corrected chi connectivity index (χ0v) is 26.7. The highest BCUT2D eigenvalue weighted by Crippen LogP contribution is 2.41. The lowest BCUT2D eigenvalue weighted by molar-refractivity contribution is 0.669. The lowest BCUT2D eigenvalue weighted by atomic mass is 9.90. The van der Waals surface area contributed by atoms with Gasteiger partial charge in [-0.15, -0.1) is 11.3 Å². The zero-order chi connectivity index (χ0) is 31.6. The number of fused-ring (bicyclic) bond motifs is 7. The lowest BCUT2D eigenvalue weighted by Crippen LogP contribution is -2.04. The van der Waals surface area contributed by atoms with Gasteiger partial charge >= 0.3 is 0 Å². The monoisotopic (exact) mass is 633 g/mol. The van der Waals surface area contributed by atoms with Crippen LogP contribution in [0.15, 0.2) is 144 Å². The number of allylic oxidation sites excluding steroid dienone is 4. The molecule has 0 atom stereocenters. The molecule has 6 aromatic carbocycles. The van der Waals surface area contributed by atoms with E-state index in [0.717, 1.165) is 57.3 Å². The average Bonchev–Trinajstić information content (AvgIpc) is 3.73. The highest BCUT2D eigenvalue weighted by atomic mass is 32.1. The second-order valence-corrected chi connectivity index (χ2v) is 13.4. The first-order valence-electron chi connectivity index (χ1n) is 16.2. The van der Waals surface area contributed by atoms with Gasteiger partial charge in [-0.3, -0.25) is 0 Å². The van der Waals surface area contributed by atoms with Crippen LogP contribution in [-0.4, -0.2) is 15.0 Å². The quantitative estimate of drug-likeness (QED) is 0.193. The summed E-state index contributed by atoms with van der Waals surface area (Å²) in [6.07, 6.45) is 6.14. The van der Waals surface area contributed by atoms with Crippen molar-refractivity contribution in [3.8, 4) is 22.8 Å². The number of benzene rings is 6. The minimum atomic E-state index is 0.684. The van der Waals surface area contributed by atoms with E-state index in [1.807, 2.05) is 12.1 Å². The summed E-state index contributed by atoms with van der Waals surface area (Å²) >= 11 is 1.80. The van der Waals surface area contributed by atoms with Crippen molar-refractivity contribution in [2.75, 3.05) is 0 Å². The number of thiophene rings is 1. The number of rotatable bonds is 4. The molecular weight excluding hydrogens is 607 g/mol. The van der Waals surface area contributed by atoms with Crippen LogP contribution in [-0.2, 0) is 0 Å². The summed E-state index contributed by atoms with van der Waals surface area (Å²) in [6, 6.07) is 44.5. The third kappa shape index (κ3) is 4.39. The van der Waals surface area contributed by atoms with E-state index >= 15 is 0 Å². The van der Waals surface area contributed by atoms with Gasteiger partial charge in [-0.1, -0.05) is 109 Å². The van der Waals surface area contributed by atoms with E-state index in [0.29, 0.717) is 11.6 Å². The number of para-hydroxylation sites is 1. The van der Waals surface area contributed by atoms with Crippen LogP contribution in [0.4, 0.5) is 0 Å². The molecule has 0 saturated heterocycles. The Morgan fingerprint density at radius 2 is 1.19 bits per heavy atom. The number of nitrogens with zero attached hydrogens (tertiary/aromatic N) is 3. The van der Waals surface area contributed by atoms with Crippen LogP contribution in [0.3, 0.4) is 0 Å². The third-order valence-electron chi connectivity index (χ3n) is 9.47. The lowest BCUT2D eigenvalue weighted by Gasteiger charge is -2.16. The number of aromatic nitrogens is 3. The molecule has 48 heavy (non-hydrogen) atoms. The van der Waals surface area contributed by atoms with Crippen LogP contribution in [0.5, 0.6) is 0 Å². The molecule has 1 aliphatic rings. The molecule has 0 saturated carbocycles. The third-order valence-corrected chi connectivity index (χ3v) is 10.7. The molecule has 0 radical (unpaired) electrons. The molecule has 3 heterocycles. The normalized spacial score (nSPS) is 13.5. The van der Waals surface area contributed by atoms with Crippen molar-refractivity contribution in [3.05, 3.63) is 151 Å². The second-order valence-electron chi connectivity index (χ2n) is 12.3. The highest BCUT2D eigenvalue weighted by Gasteiger charge is 2.20. The standard InChI is InChI=1S/C43H27N3OS/c1-2-10-29-25-30(24-19-26(29)9-1)42-44-41(45-43(46-42)35-15-7-14-33-32-11-4-6-18-38(32)48-40(33)35)28-22-20-27(21-23-28)31-13-8-17-37-39(31)34-12-3-5-16-36(34)47-37/h1-20,22,24-25H,21,23H2. The van der Waals surface area contributed by atoms with E-state index in [-0.39, 0.29) is 0 Å². The molecular formula is C43H27N3OS. The largest absolute Gasteiger partial charge is 0.456 e. The predicted molar refractivity (Wildman–Crippen MR) is 200 cm³/mol. The Labute approximate surface area is 280 Å². The summed E-state index contributed by atoms with van der Waals surface area (Å²) in [5.74, 6) is 2.11. The van der Waals surface area contributed by atoms with E-state index < -0.39 is 0 Å². The van der Waals surface area contributed by atoms with E-state index in [2.05, 4.69) is 127 Å². The van der Waals surface area contributed by atoms with Gasteiger partial charge in [0.05, 0.1) is 0 Å². The van der Waals surface area contributed by atoms with Crippen molar-refractivity contribution in [2.45, 2.75) is 12.8 Å². The van der Waals surface area contributed by atoms with Crippen LogP contribution in [0.1, 0.15) is 24.2 Å². The zero-order valence-electron chi connectivity index (χ0n) is 25.9. The molecule has 0 amide bonds. The van der Waals surface area contributed by atoms with E-state index in [1.165, 1.54) is 42.1 Å². The van der Waals surface area contributed by atoms with E-state index in [4.69, 9.17) is 19.4 Å². The minimum absolute atomic E-state index is 0.684.